The van der Waals surface area contributed by atoms with E-state index in [2.05, 4.69) is 21.2 Å². The lowest BCUT2D eigenvalue weighted by Crippen LogP contribution is -2.49. The van der Waals surface area contributed by atoms with Gasteiger partial charge >= 0.3 is 12.0 Å². The molecule has 0 saturated heterocycles. The molecular weight excluding hydrogens is 364 g/mol. The maximum atomic E-state index is 12.5. The van der Waals surface area contributed by atoms with Gasteiger partial charge in [0.1, 0.15) is 0 Å². The number of esters is 1. The summed E-state index contributed by atoms with van der Waals surface area (Å²) in [5, 5.41) is 12.3. The first-order chi connectivity index (χ1) is 11.1. The minimum atomic E-state index is -0.578. The molecule has 2 rings (SSSR count). The zero-order valence-electron chi connectivity index (χ0n) is 12.8. The maximum absolute atomic E-state index is 12.5. The Balaban J connectivity index is 2.54. The van der Waals surface area contributed by atoms with E-state index in [0.29, 0.717) is 16.6 Å². The van der Waals surface area contributed by atoms with Crippen molar-refractivity contribution in [2.24, 2.45) is 0 Å². The molecule has 1 atom stereocenters. The van der Waals surface area contributed by atoms with Crippen molar-refractivity contribution in [1.29, 1.82) is 0 Å². The minimum absolute atomic E-state index is 0.108. The summed E-state index contributed by atoms with van der Waals surface area (Å²) in [6, 6.07) is 8.32. The monoisotopic (exact) mass is 382 g/mol. The van der Waals surface area contributed by atoms with Crippen molar-refractivity contribution in [3.63, 3.8) is 0 Å². The topological polar surface area (TPSA) is 78.9 Å². The van der Waals surface area contributed by atoms with Gasteiger partial charge in [-0.05, 0) is 12.5 Å². The van der Waals surface area contributed by atoms with E-state index in [-0.39, 0.29) is 25.8 Å². The van der Waals surface area contributed by atoms with Crippen LogP contribution in [0.4, 0.5) is 4.79 Å². The Bertz CT molecular complexity index is 603. The van der Waals surface area contributed by atoms with E-state index in [1.54, 1.807) is 6.92 Å². The number of carbonyl (C=O) groups is 2. The number of aliphatic hydroxyl groups is 1. The quantitative estimate of drug-likeness (QED) is 0.582. The number of hydrogen-bond acceptors (Lipinski definition) is 4. The summed E-state index contributed by atoms with van der Waals surface area (Å²) in [7, 11) is 0. The van der Waals surface area contributed by atoms with Crippen LogP contribution in [0.5, 0.6) is 0 Å². The summed E-state index contributed by atoms with van der Waals surface area (Å²) in [5.74, 6) is -0.473. The van der Waals surface area contributed by atoms with Gasteiger partial charge in [0, 0.05) is 11.0 Å². The highest BCUT2D eigenvalue weighted by molar-refractivity contribution is 9.09. The third kappa shape index (κ3) is 3.73. The summed E-state index contributed by atoms with van der Waals surface area (Å²) in [6.45, 7) is 1.89. The van der Waals surface area contributed by atoms with E-state index < -0.39 is 12.0 Å². The van der Waals surface area contributed by atoms with Crippen molar-refractivity contribution in [2.45, 2.75) is 13.0 Å². The van der Waals surface area contributed by atoms with E-state index in [9.17, 15) is 14.7 Å². The first kappa shape index (κ1) is 17.5. The predicted octanol–water partition coefficient (Wildman–Crippen LogP) is 1.96. The van der Waals surface area contributed by atoms with E-state index in [4.69, 9.17) is 4.74 Å². The SMILES string of the molecule is CCOC(=O)C1=C(CBr)N(CCO)C(=O)N[C@@H]1c1ccccc1. The van der Waals surface area contributed by atoms with Crippen LogP contribution in [0, 0.1) is 0 Å². The molecule has 124 valence electrons. The standard InChI is InChI=1S/C16H19BrN2O4/c1-2-23-15(21)13-12(10-17)19(8-9-20)16(22)18-14(13)11-6-4-3-5-7-11/h3-7,14,20H,2,8-10H2,1H3,(H,18,22)/t14-/m1/s1. The zero-order valence-corrected chi connectivity index (χ0v) is 14.4. The van der Waals surface area contributed by atoms with Crippen LogP contribution in [-0.2, 0) is 9.53 Å². The number of nitrogens with zero attached hydrogens (tertiary/aromatic N) is 1. The van der Waals surface area contributed by atoms with Gasteiger partial charge in [-0.2, -0.15) is 0 Å². The number of ether oxygens (including phenoxy) is 1. The second-order valence-corrected chi connectivity index (χ2v) is 5.44. The van der Waals surface area contributed by atoms with Gasteiger partial charge in [-0.3, -0.25) is 4.90 Å². The van der Waals surface area contributed by atoms with Gasteiger partial charge in [0.15, 0.2) is 0 Å². The molecule has 7 heteroatoms. The lowest BCUT2D eigenvalue weighted by Gasteiger charge is -2.35. The Morgan fingerprint density at radius 1 is 1.39 bits per heavy atom. The number of allylic oxidation sites excluding steroid dienone is 1. The summed E-state index contributed by atoms with van der Waals surface area (Å²) in [4.78, 5) is 26.2. The highest BCUT2D eigenvalue weighted by atomic mass is 79.9. The Morgan fingerprint density at radius 3 is 2.65 bits per heavy atom. The van der Waals surface area contributed by atoms with Gasteiger partial charge < -0.3 is 15.2 Å². The number of alkyl halides is 1. The fourth-order valence-electron chi connectivity index (χ4n) is 2.53. The molecule has 1 aliphatic heterocycles. The molecule has 0 fully saturated rings. The normalized spacial score (nSPS) is 18.0. The number of benzene rings is 1. The molecular formula is C16H19BrN2O4. The van der Waals surface area contributed by atoms with Gasteiger partial charge in [-0.25, -0.2) is 9.59 Å². The van der Waals surface area contributed by atoms with Crippen LogP contribution in [0.2, 0.25) is 0 Å². The highest BCUT2D eigenvalue weighted by Gasteiger charge is 2.37. The lowest BCUT2D eigenvalue weighted by atomic mass is 9.95. The molecule has 1 aromatic carbocycles. The molecule has 1 aromatic rings. The third-order valence-corrected chi connectivity index (χ3v) is 4.05. The van der Waals surface area contributed by atoms with Gasteiger partial charge in [0.05, 0.1) is 31.4 Å². The number of urea groups is 1. The molecule has 0 bridgehead atoms. The summed E-state index contributed by atoms with van der Waals surface area (Å²) in [6.07, 6.45) is 0. The van der Waals surface area contributed by atoms with E-state index in [1.165, 1.54) is 4.90 Å². The summed E-state index contributed by atoms with van der Waals surface area (Å²) in [5.41, 5.74) is 1.68. The zero-order chi connectivity index (χ0) is 16.8. The van der Waals surface area contributed by atoms with Gasteiger partial charge in [-0.15, -0.1) is 0 Å². The van der Waals surface area contributed by atoms with Crippen molar-refractivity contribution < 1.29 is 19.4 Å². The van der Waals surface area contributed by atoms with Crippen LogP contribution in [0.25, 0.3) is 0 Å². The molecule has 1 heterocycles. The fraction of sp³-hybridized carbons (Fsp3) is 0.375. The number of aliphatic hydroxyl groups excluding tert-OH is 1. The molecule has 0 spiro atoms. The molecule has 23 heavy (non-hydrogen) atoms. The Hall–Kier alpha value is -1.86. The Kier molecular flexibility index (Phi) is 6.18. The second kappa shape index (κ2) is 8.12. The number of amides is 2. The number of nitrogens with one attached hydrogen (secondary N) is 1. The minimum Gasteiger partial charge on any atom is -0.463 e. The summed E-state index contributed by atoms with van der Waals surface area (Å²) < 4.78 is 5.17. The molecule has 1 aliphatic rings. The highest BCUT2D eigenvalue weighted by Crippen LogP contribution is 2.32. The van der Waals surface area contributed by atoms with Crippen molar-refractivity contribution in [3.05, 3.63) is 47.2 Å². The predicted molar refractivity (Wildman–Crippen MR) is 89.0 cm³/mol. The molecule has 0 saturated carbocycles. The smallest absolute Gasteiger partial charge is 0.338 e. The second-order valence-electron chi connectivity index (χ2n) is 4.88. The van der Waals surface area contributed by atoms with Crippen LogP contribution in [0.15, 0.2) is 41.6 Å². The van der Waals surface area contributed by atoms with Crippen molar-refractivity contribution in [2.75, 3.05) is 25.1 Å². The van der Waals surface area contributed by atoms with Crippen molar-refractivity contribution >= 4 is 27.9 Å². The number of carbonyl (C=O) groups excluding carboxylic acids is 2. The third-order valence-electron chi connectivity index (χ3n) is 3.52. The average molecular weight is 383 g/mol. The summed E-state index contributed by atoms with van der Waals surface area (Å²) >= 11 is 3.34. The van der Waals surface area contributed by atoms with E-state index in [1.807, 2.05) is 30.3 Å². The molecule has 0 unspecified atom stereocenters. The Morgan fingerprint density at radius 2 is 2.09 bits per heavy atom. The largest absolute Gasteiger partial charge is 0.463 e. The van der Waals surface area contributed by atoms with E-state index >= 15 is 0 Å². The van der Waals surface area contributed by atoms with Gasteiger partial charge in [-0.1, -0.05) is 46.3 Å². The van der Waals surface area contributed by atoms with Crippen LogP contribution >= 0.6 is 15.9 Å². The van der Waals surface area contributed by atoms with E-state index in [0.717, 1.165) is 5.56 Å². The lowest BCUT2D eigenvalue weighted by molar-refractivity contribution is -0.139. The van der Waals surface area contributed by atoms with Crippen LogP contribution in [-0.4, -0.2) is 47.1 Å². The number of rotatable bonds is 6. The molecule has 0 aromatic heterocycles. The molecule has 0 radical (unpaired) electrons. The van der Waals surface area contributed by atoms with Gasteiger partial charge in [0.25, 0.3) is 0 Å². The molecule has 2 amide bonds. The average Bonchev–Trinajstić information content (AvgIpc) is 2.57. The first-order valence-electron chi connectivity index (χ1n) is 7.34. The number of β-amino-alcohol motifs (C(OH)–C–C–N with tert-alkyl or cyclic N) is 1. The maximum Gasteiger partial charge on any atom is 0.338 e. The fourth-order valence-corrected chi connectivity index (χ4v) is 3.13. The van der Waals surface area contributed by atoms with Crippen molar-refractivity contribution in [3.8, 4) is 0 Å². The van der Waals surface area contributed by atoms with Crippen LogP contribution in [0.1, 0.15) is 18.5 Å². The number of halogens is 1. The van der Waals surface area contributed by atoms with Crippen LogP contribution in [0.3, 0.4) is 0 Å². The molecule has 0 aliphatic carbocycles. The van der Waals surface area contributed by atoms with Gasteiger partial charge in [0.2, 0.25) is 0 Å². The molecule has 2 N–H and O–H groups in total. The first-order valence-corrected chi connectivity index (χ1v) is 8.46. The Labute approximate surface area is 143 Å². The molecule has 6 nitrogen and oxygen atoms in total. The number of hydrogen-bond donors (Lipinski definition) is 2. The van der Waals surface area contributed by atoms with Crippen LogP contribution < -0.4 is 5.32 Å². The van der Waals surface area contributed by atoms with Crippen molar-refractivity contribution in [1.82, 2.24) is 10.2 Å².